The fraction of sp³-hybridized carbons (Fsp3) is 0.400. The third-order valence-electron chi connectivity index (χ3n) is 5.32. The highest BCUT2D eigenvalue weighted by Crippen LogP contribution is 2.57. The lowest BCUT2D eigenvalue weighted by Crippen LogP contribution is -2.37. The molecule has 2 aliphatic rings. The van der Waals surface area contributed by atoms with Crippen molar-refractivity contribution in [1.29, 1.82) is 0 Å². The second kappa shape index (κ2) is 5.48. The summed E-state index contributed by atoms with van der Waals surface area (Å²) in [7, 11) is 3.42. The van der Waals surface area contributed by atoms with E-state index in [4.69, 9.17) is 14.2 Å². The average Bonchev–Trinajstić information content (AvgIpc) is 2.96. The fourth-order valence-electron chi connectivity index (χ4n) is 4.16. The van der Waals surface area contributed by atoms with Gasteiger partial charge in [0.05, 0.1) is 14.2 Å². The summed E-state index contributed by atoms with van der Waals surface area (Å²) < 4.78 is 17.3. The Bertz CT molecular complexity index is 707. The maximum atomic E-state index is 6.56. The lowest BCUT2D eigenvalue weighted by molar-refractivity contribution is 0.0320. The highest BCUT2D eigenvalue weighted by Gasteiger charge is 2.50. The van der Waals surface area contributed by atoms with Crippen LogP contribution in [0.3, 0.4) is 0 Å². The molecule has 1 aliphatic carbocycles. The molecule has 120 valence electrons. The lowest BCUT2D eigenvalue weighted by Gasteiger charge is -2.39. The molecule has 1 aliphatic heterocycles. The van der Waals surface area contributed by atoms with Gasteiger partial charge in [0.15, 0.2) is 0 Å². The van der Waals surface area contributed by atoms with Crippen LogP contribution < -0.4 is 14.2 Å². The summed E-state index contributed by atoms with van der Waals surface area (Å²) in [5.74, 6) is 3.20. The number of hydrogen-bond donors (Lipinski definition) is 0. The zero-order chi connectivity index (χ0) is 15.9. The minimum Gasteiger partial charge on any atom is -0.497 e. The van der Waals surface area contributed by atoms with Crippen LogP contribution in [0.5, 0.6) is 17.2 Å². The Balaban J connectivity index is 1.79. The van der Waals surface area contributed by atoms with Crippen LogP contribution in [0.15, 0.2) is 42.5 Å². The Morgan fingerprint density at radius 2 is 1.70 bits per heavy atom. The quantitative estimate of drug-likeness (QED) is 0.826. The number of ether oxygens (including phenoxy) is 3. The molecule has 0 aromatic heterocycles. The van der Waals surface area contributed by atoms with Gasteiger partial charge in [-0.25, -0.2) is 0 Å². The normalized spacial score (nSPS) is 25.2. The first-order valence-corrected chi connectivity index (χ1v) is 8.28. The van der Waals surface area contributed by atoms with Gasteiger partial charge in [-0.3, -0.25) is 0 Å². The lowest BCUT2D eigenvalue weighted by atomic mass is 9.70. The molecule has 1 fully saturated rings. The molecule has 1 heterocycles. The summed E-state index contributed by atoms with van der Waals surface area (Å²) in [6, 6.07) is 14.6. The van der Waals surface area contributed by atoms with Crippen LogP contribution in [-0.4, -0.2) is 14.2 Å². The van der Waals surface area contributed by atoms with Crippen molar-refractivity contribution >= 4 is 0 Å². The molecule has 4 rings (SSSR count). The zero-order valence-electron chi connectivity index (χ0n) is 13.7. The van der Waals surface area contributed by atoms with E-state index in [1.165, 1.54) is 24.0 Å². The number of rotatable bonds is 3. The molecule has 0 N–H and O–H groups in total. The number of methoxy groups -OCH3 is 2. The first kappa shape index (κ1) is 14.4. The van der Waals surface area contributed by atoms with Crippen LogP contribution in [0.2, 0.25) is 0 Å². The largest absolute Gasteiger partial charge is 0.497 e. The molecule has 0 bridgehead atoms. The van der Waals surface area contributed by atoms with Gasteiger partial charge in [-0.2, -0.15) is 0 Å². The molecule has 0 radical (unpaired) electrons. The van der Waals surface area contributed by atoms with Crippen molar-refractivity contribution in [1.82, 2.24) is 0 Å². The molecule has 0 saturated heterocycles. The van der Waals surface area contributed by atoms with Gasteiger partial charge in [0.1, 0.15) is 22.8 Å². The maximum absolute atomic E-state index is 6.56. The number of hydrogen-bond acceptors (Lipinski definition) is 3. The standard InChI is InChI=1S/C20H22O3/c1-21-15-8-6-14(7-9-15)20-12-4-3-5-18(20)17-13-16(22-2)10-11-19(17)23-20/h6-11,13,18H,3-5,12H2,1-2H3/t18-,20+/m1/s1. The van der Waals surface area contributed by atoms with Crippen molar-refractivity contribution in [2.24, 2.45) is 0 Å². The molecular weight excluding hydrogens is 288 g/mol. The van der Waals surface area contributed by atoms with Crippen molar-refractivity contribution in [3.63, 3.8) is 0 Å². The average molecular weight is 310 g/mol. The van der Waals surface area contributed by atoms with Gasteiger partial charge in [0, 0.05) is 11.5 Å². The van der Waals surface area contributed by atoms with Crippen LogP contribution in [-0.2, 0) is 5.60 Å². The predicted molar refractivity (Wildman–Crippen MR) is 89.5 cm³/mol. The zero-order valence-corrected chi connectivity index (χ0v) is 13.7. The van der Waals surface area contributed by atoms with Crippen LogP contribution in [0.1, 0.15) is 42.7 Å². The third kappa shape index (κ3) is 2.18. The SMILES string of the molecule is COc1ccc([C@@]23CCCC[C@@H]2c2cc(OC)ccc2O3)cc1. The molecule has 2 atom stereocenters. The number of fused-ring (bicyclic) bond motifs is 3. The van der Waals surface area contributed by atoms with E-state index in [0.29, 0.717) is 5.92 Å². The van der Waals surface area contributed by atoms with E-state index in [-0.39, 0.29) is 5.60 Å². The Kier molecular flexibility index (Phi) is 3.44. The smallest absolute Gasteiger partial charge is 0.141 e. The summed E-state index contributed by atoms with van der Waals surface area (Å²) in [5.41, 5.74) is 2.30. The van der Waals surface area contributed by atoms with Gasteiger partial charge in [-0.15, -0.1) is 0 Å². The molecule has 2 aromatic rings. The van der Waals surface area contributed by atoms with Crippen LogP contribution in [0.25, 0.3) is 0 Å². The summed E-state index contributed by atoms with van der Waals surface area (Å²) in [4.78, 5) is 0. The van der Waals surface area contributed by atoms with Crippen molar-refractivity contribution in [3.8, 4) is 17.2 Å². The Hall–Kier alpha value is -2.16. The molecule has 3 heteroatoms. The third-order valence-corrected chi connectivity index (χ3v) is 5.32. The van der Waals surface area contributed by atoms with Gasteiger partial charge in [0.2, 0.25) is 0 Å². The predicted octanol–water partition coefficient (Wildman–Crippen LogP) is 4.65. The van der Waals surface area contributed by atoms with Crippen molar-refractivity contribution < 1.29 is 14.2 Å². The van der Waals surface area contributed by atoms with Gasteiger partial charge in [-0.05, 0) is 55.2 Å². The Morgan fingerprint density at radius 1 is 0.957 bits per heavy atom. The second-order valence-corrected chi connectivity index (χ2v) is 6.42. The fourth-order valence-corrected chi connectivity index (χ4v) is 4.16. The first-order valence-electron chi connectivity index (χ1n) is 8.28. The van der Waals surface area contributed by atoms with Crippen LogP contribution in [0.4, 0.5) is 0 Å². The second-order valence-electron chi connectivity index (χ2n) is 6.42. The van der Waals surface area contributed by atoms with E-state index >= 15 is 0 Å². The summed E-state index contributed by atoms with van der Waals surface area (Å²) in [6.07, 6.45) is 4.67. The molecule has 0 unspecified atom stereocenters. The molecule has 0 amide bonds. The number of benzene rings is 2. The van der Waals surface area contributed by atoms with E-state index in [9.17, 15) is 0 Å². The van der Waals surface area contributed by atoms with Crippen molar-refractivity contribution in [2.75, 3.05) is 14.2 Å². The van der Waals surface area contributed by atoms with Crippen LogP contribution >= 0.6 is 0 Å². The first-order chi connectivity index (χ1) is 11.3. The van der Waals surface area contributed by atoms with Gasteiger partial charge >= 0.3 is 0 Å². The van der Waals surface area contributed by atoms with Crippen molar-refractivity contribution in [2.45, 2.75) is 37.2 Å². The summed E-state index contributed by atoms with van der Waals surface area (Å²) in [6.45, 7) is 0. The molecule has 1 saturated carbocycles. The van der Waals surface area contributed by atoms with Gasteiger partial charge in [-0.1, -0.05) is 18.6 Å². The van der Waals surface area contributed by atoms with E-state index in [2.05, 4.69) is 24.3 Å². The highest BCUT2D eigenvalue weighted by molar-refractivity contribution is 5.50. The highest BCUT2D eigenvalue weighted by atomic mass is 16.5. The van der Waals surface area contributed by atoms with Gasteiger partial charge in [0.25, 0.3) is 0 Å². The Morgan fingerprint density at radius 3 is 2.43 bits per heavy atom. The Labute approximate surface area is 137 Å². The minimum absolute atomic E-state index is 0.237. The van der Waals surface area contributed by atoms with E-state index in [0.717, 1.165) is 30.1 Å². The maximum Gasteiger partial charge on any atom is 0.141 e. The van der Waals surface area contributed by atoms with E-state index in [1.807, 2.05) is 18.2 Å². The van der Waals surface area contributed by atoms with E-state index in [1.54, 1.807) is 14.2 Å². The van der Waals surface area contributed by atoms with Gasteiger partial charge < -0.3 is 14.2 Å². The minimum atomic E-state index is -0.237. The topological polar surface area (TPSA) is 27.7 Å². The molecule has 0 spiro atoms. The molecular formula is C20H22O3. The monoisotopic (exact) mass is 310 g/mol. The molecule has 3 nitrogen and oxygen atoms in total. The van der Waals surface area contributed by atoms with E-state index < -0.39 is 0 Å². The molecule has 2 aromatic carbocycles. The summed E-state index contributed by atoms with van der Waals surface area (Å²) in [5, 5.41) is 0. The van der Waals surface area contributed by atoms with Crippen LogP contribution in [0, 0.1) is 0 Å². The summed E-state index contributed by atoms with van der Waals surface area (Å²) >= 11 is 0. The molecule has 23 heavy (non-hydrogen) atoms. The van der Waals surface area contributed by atoms with Crippen molar-refractivity contribution in [3.05, 3.63) is 53.6 Å².